The van der Waals surface area contributed by atoms with E-state index in [1.165, 1.54) is 19.6 Å². The molecule has 1 amide bonds. The number of nitrogens with one attached hydrogen (secondary N) is 1. The van der Waals surface area contributed by atoms with Gasteiger partial charge in [-0.2, -0.15) is 0 Å². The molecule has 0 aliphatic heterocycles. The monoisotopic (exact) mass is 251 g/mol. The zero-order valence-corrected chi connectivity index (χ0v) is 11.1. The van der Waals surface area contributed by atoms with E-state index in [2.05, 4.69) is 11.4 Å². The Bertz CT molecular complexity index is 418. The summed E-state index contributed by atoms with van der Waals surface area (Å²) in [6.45, 7) is 3.51. The van der Waals surface area contributed by atoms with Crippen LogP contribution in [0.15, 0.2) is 24.3 Å². The Morgan fingerprint density at radius 2 is 2.24 bits per heavy atom. The summed E-state index contributed by atoms with van der Waals surface area (Å²) < 4.78 is 5.03. The van der Waals surface area contributed by atoms with Crippen LogP contribution < -0.4 is 5.32 Å². The SMILES string of the molecule is COC(=S)[C@H](Cc1cccc(C)c1)NC(C)=O. The van der Waals surface area contributed by atoms with Gasteiger partial charge in [0, 0.05) is 13.3 Å². The first-order chi connectivity index (χ1) is 8.02. The van der Waals surface area contributed by atoms with Crippen LogP contribution in [0.2, 0.25) is 0 Å². The van der Waals surface area contributed by atoms with Crippen molar-refractivity contribution in [2.45, 2.75) is 26.3 Å². The number of amides is 1. The molecule has 0 fully saturated rings. The topological polar surface area (TPSA) is 38.3 Å². The smallest absolute Gasteiger partial charge is 0.217 e. The van der Waals surface area contributed by atoms with E-state index in [1.54, 1.807) is 0 Å². The van der Waals surface area contributed by atoms with E-state index in [1.807, 2.05) is 25.1 Å². The number of thiocarbonyl (C=S) groups is 1. The largest absolute Gasteiger partial charge is 0.488 e. The van der Waals surface area contributed by atoms with Gasteiger partial charge < -0.3 is 10.1 Å². The van der Waals surface area contributed by atoms with E-state index in [0.29, 0.717) is 11.5 Å². The number of carbonyl (C=O) groups excluding carboxylic acids is 1. The summed E-state index contributed by atoms with van der Waals surface area (Å²) in [7, 11) is 1.52. The molecule has 1 aromatic rings. The highest BCUT2D eigenvalue weighted by molar-refractivity contribution is 7.80. The number of hydrogen-bond donors (Lipinski definition) is 1. The molecule has 0 aliphatic carbocycles. The summed E-state index contributed by atoms with van der Waals surface area (Å²) in [5.74, 6) is -0.109. The summed E-state index contributed by atoms with van der Waals surface area (Å²) in [5.41, 5.74) is 2.32. The van der Waals surface area contributed by atoms with Crippen LogP contribution in [0.4, 0.5) is 0 Å². The van der Waals surface area contributed by atoms with Crippen molar-refractivity contribution >= 4 is 23.2 Å². The molecule has 0 radical (unpaired) electrons. The van der Waals surface area contributed by atoms with Crippen molar-refractivity contribution in [3.8, 4) is 0 Å². The van der Waals surface area contributed by atoms with E-state index in [4.69, 9.17) is 17.0 Å². The minimum Gasteiger partial charge on any atom is -0.488 e. The summed E-state index contributed by atoms with van der Waals surface area (Å²) in [4.78, 5) is 11.1. The summed E-state index contributed by atoms with van der Waals surface area (Å²) in [5, 5.41) is 3.20. The Hall–Kier alpha value is -1.42. The summed E-state index contributed by atoms with van der Waals surface area (Å²) >= 11 is 5.09. The van der Waals surface area contributed by atoms with Gasteiger partial charge in [-0.15, -0.1) is 0 Å². The number of carbonyl (C=O) groups is 1. The fourth-order valence-corrected chi connectivity index (χ4v) is 1.80. The van der Waals surface area contributed by atoms with Gasteiger partial charge in [-0.25, -0.2) is 0 Å². The molecule has 0 aliphatic rings. The standard InChI is InChI=1S/C13H17NO2S/c1-9-5-4-6-11(7-9)8-12(13(17)16-3)14-10(2)15/h4-7,12H,8H2,1-3H3,(H,14,15)/t12-/m0/s1. The molecule has 0 saturated carbocycles. The molecular formula is C13H17NO2S. The average Bonchev–Trinajstić information content (AvgIpc) is 2.26. The first-order valence-corrected chi connectivity index (χ1v) is 5.84. The minimum atomic E-state index is -0.255. The van der Waals surface area contributed by atoms with Crippen molar-refractivity contribution < 1.29 is 9.53 Å². The van der Waals surface area contributed by atoms with E-state index in [0.717, 1.165) is 5.56 Å². The highest BCUT2D eigenvalue weighted by Gasteiger charge is 2.16. The van der Waals surface area contributed by atoms with Crippen molar-refractivity contribution in [1.82, 2.24) is 5.32 Å². The Morgan fingerprint density at radius 3 is 2.76 bits per heavy atom. The third-order valence-electron chi connectivity index (χ3n) is 2.39. The minimum absolute atomic E-state index is 0.109. The molecule has 0 aromatic heterocycles. The maximum Gasteiger partial charge on any atom is 0.217 e. The zero-order valence-electron chi connectivity index (χ0n) is 10.3. The van der Waals surface area contributed by atoms with Crippen LogP contribution in [0, 0.1) is 6.92 Å². The van der Waals surface area contributed by atoms with Crippen molar-refractivity contribution in [2.24, 2.45) is 0 Å². The lowest BCUT2D eigenvalue weighted by Crippen LogP contribution is -2.41. The van der Waals surface area contributed by atoms with E-state index < -0.39 is 0 Å². The number of methoxy groups -OCH3 is 1. The molecule has 1 aromatic carbocycles. The van der Waals surface area contributed by atoms with E-state index in [-0.39, 0.29) is 11.9 Å². The van der Waals surface area contributed by atoms with Gasteiger partial charge in [-0.3, -0.25) is 4.79 Å². The second kappa shape index (κ2) is 6.35. The second-order valence-electron chi connectivity index (χ2n) is 3.97. The molecule has 1 N–H and O–H groups in total. The number of aryl methyl sites for hydroxylation is 1. The van der Waals surface area contributed by atoms with Gasteiger partial charge in [0.1, 0.15) is 6.04 Å². The lowest BCUT2D eigenvalue weighted by atomic mass is 10.0. The van der Waals surface area contributed by atoms with Crippen LogP contribution >= 0.6 is 12.2 Å². The van der Waals surface area contributed by atoms with Gasteiger partial charge in [0.25, 0.3) is 0 Å². The zero-order chi connectivity index (χ0) is 12.8. The predicted molar refractivity (Wildman–Crippen MR) is 72.1 cm³/mol. The highest BCUT2D eigenvalue weighted by Crippen LogP contribution is 2.08. The van der Waals surface area contributed by atoms with Gasteiger partial charge >= 0.3 is 0 Å². The van der Waals surface area contributed by atoms with Crippen molar-refractivity contribution in [2.75, 3.05) is 7.11 Å². The maximum absolute atomic E-state index is 11.1. The number of ether oxygens (including phenoxy) is 1. The Balaban J connectivity index is 2.78. The first-order valence-electron chi connectivity index (χ1n) is 5.43. The van der Waals surface area contributed by atoms with Crippen molar-refractivity contribution in [1.29, 1.82) is 0 Å². The first kappa shape index (κ1) is 13.6. The fourth-order valence-electron chi connectivity index (χ4n) is 1.66. The molecule has 0 spiro atoms. The van der Waals surface area contributed by atoms with Crippen LogP contribution in [0.3, 0.4) is 0 Å². The van der Waals surface area contributed by atoms with Gasteiger partial charge in [0.15, 0.2) is 5.05 Å². The quantitative estimate of drug-likeness (QED) is 0.832. The van der Waals surface area contributed by atoms with Crippen LogP contribution in [0.25, 0.3) is 0 Å². The molecule has 0 unspecified atom stereocenters. The van der Waals surface area contributed by atoms with Gasteiger partial charge in [-0.1, -0.05) is 29.8 Å². The molecule has 17 heavy (non-hydrogen) atoms. The average molecular weight is 251 g/mol. The molecule has 0 heterocycles. The Kier molecular flexibility index (Phi) is 5.10. The summed E-state index contributed by atoms with van der Waals surface area (Å²) in [6.07, 6.45) is 0.647. The molecule has 3 nitrogen and oxygen atoms in total. The molecule has 92 valence electrons. The van der Waals surface area contributed by atoms with Crippen LogP contribution in [0.5, 0.6) is 0 Å². The second-order valence-corrected chi connectivity index (χ2v) is 4.37. The van der Waals surface area contributed by atoms with E-state index in [9.17, 15) is 4.79 Å². The Labute approximate surface area is 107 Å². The van der Waals surface area contributed by atoms with Gasteiger partial charge in [0.05, 0.1) is 7.11 Å². The highest BCUT2D eigenvalue weighted by atomic mass is 32.1. The molecule has 4 heteroatoms. The lowest BCUT2D eigenvalue weighted by molar-refractivity contribution is -0.119. The molecule has 1 rings (SSSR count). The van der Waals surface area contributed by atoms with E-state index >= 15 is 0 Å². The molecule has 0 saturated heterocycles. The molecular weight excluding hydrogens is 234 g/mol. The normalized spacial score (nSPS) is 11.7. The predicted octanol–water partition coefficient (Wildman–Crippen LogP) is 2.02. The third kappa shape index (κ3) is 4.53. The molecule has 0 bridgehead atoms. The van der Waals surface area contributed by atoms with Crippen LogP contribution in [0.1, 0.15) is 18.1 Å². The van der Waals surface area contributed by atoms with Crippen molar-refractivity contribution in [3.05, 3.63) is 35.4 Å². The Morgan fingerprint density at radius 1 is 1.53 bits per heavy atom. The lowest BCUT2D eigenvalue weighted by Gasteiger charge is -2.18. The van der Waals surface area contributed by atoms with Crippen LogP contribution in [-0.2, 0) is 16.0 Å². The summed E-state index contributed by atoms with van der Waals surface area (Å²) in [6, 6.07) is 7.86. The van der Waals surface area contributed by atoms with Gasteiger partial charge in [-0.05, 0) is 24.7 Å². The molecule has 1 atom stereocenters. The van der Waals surface area contributed by atoms with Gasteiger partial charge in [0.2, 0.25) is 5.91 Å². The number of hydrogen-bond acceptors (Lipinski definition) is 3. The maximum atomic E-state index is 11.1. The van der Waals surface area contributed by atoms with Crippen LogP contribution in [-0.4, -0.2) is 24.1 Å². The van der Waals surface area contributed by atoms with Crippen molar-refractivity contribution in [3.63, 3.8) is 0 Å². The fraction of sp³-hybridized carbons (Fsp3) is 0.385. The number of rotatable bonds is 4. The third-order valence-corrected chi connectivity index (χ3v) is 2.84. The number of benzene rings is 1.